The number of carbonyl (C=O) groups is 2. The third kappa shape index (κ3) is 7.88. The molecule has 0 spiro atoms. The number of aryl methyl sites for hydroxylation is 1. The minimum Gasteiger partial charge on any atom is -0.405 e. The average molecular weight is 703 g/mol. The van der Waals surface area contributed by atoms with Gasteiger partial charge in [0.05, 0.1) is 5.39 Å². The first kappa shape index (κ1) is 34.5. The van der Waals surface area contributed by atoms with Crippen molar-refractivity contribution in [2.24, 2.45) is 18.9 Å². The van der Waals surface area contributed by atoms with Crippen LogP contribution in [0.2, 0.25) is 0 Å². The van der Waals surface area contributed by atoms with Crippen molar-refractivity contribution in [1.82, 2.24) is 19.8 Å². The highest BCUT2D eigenvalue weighted by atomic mass is 19.4. The highest BCUT2D eigenvalue weighted by Crippen LogP contribution is 2.37. The number of pyridine rings is 2. The van der Waals surface area contributed by atoms with E-state index in [1.807, 2.05) is 12.1 Å². The second kappa shape index (κ2) is 14.4. The van der Waals surface area contributed by atoms with Crippen LogP contribution in [-0.2, 0) is 23.2 Å². The van der Waals surface area contributed by atoms with E-state index in [1.165, 1.54) is 16.8 Å². The van der Waals surface area contributed by atoms with E-state index >= 15 is 0 Å². The summed E-state index contributed by atoms with van der Waals surface area (Å²) in [5.41, 5.74) is 3.37. The van der Waals surface area contributed by atoms with Gasteiger partial charge in [0.2, 0.25) is 11.8 Å². The number of carbonyl (C=O) groups excluding carboxylic acids is 2. The lowest BCUT2D eigenvalue weighted by Gasteiger charge is -2.41. The molecule has 0 bridgehead atoms. The van der Waals surface area contributed by atoms with E-state index in [4.69, 9.17) is 0 Å². The van der Waals surface area contributed by atoms with Crippen molar-refractivity contribution in [3.63, 3.8) is 0 Å². The molecule has 3 saturated heterocycles. The highest BCUT2D eigenvalue weighted by Gasteiger charge is 2.34. The first-order chi connectivity index (χ1) is 24.5. The van der Waals surface area contributed by atoms with Crippen molar-refractivity contribution in [1.29, 1.82) is 0 Å². The lowest BCUT2D eigenvalue weighted by molar-refractivity contribution is -0.275. The topological polar surface area (TPSA) is 109 Å². The predicted octanol–water partition coefficient (Wildman–Crippen LogP) is 5.84. The zero-order chi connectivity index (χ0) is 35.7. The monoisotopic (exact) mass is 702 g/mol. The number of amides is 2. The maximum atomic E-state index is 13.6. The fraction of sp³-hybridized carbons (Fsp3) is 0.421. The van der Waals surface area contributed by atoms with Crippen molar-refractivity contribution in [3.8, 4) is 16.9 Å². The molecule has 268 valence electrons. The molecule has 2 N–H and O–H groups in total. The van der Waals surface area contributed by atoms with Gasteiger partial charge in [0, 0.05) is 74.2 Å². The molecule has 1 atom stereocenters. The van der Waals surface area contributed by atoms with Gasteiger partial charge >= 0.3 is 6.36 Å². The van der Waals surface area contributed by atoms with Crippen LogP contribution in [0.5, 0.6) is 5.75 Å². The summed E-state index contributed by atoms with van der Waals surface area (Å²) >= 11 is 0. The molecule has 0 radical (unpaired) electrons. The van der Waals surface area contributed by atoms with Gasteiger partial charge in [-0.3, -0.25) is 29.6 Å². The molecule has 2 aromatic carbocycles. The SMILES string of the molecule is Cn1cc(-c2ccc(CN3CCC(C4CCN(c5ccc(NC6CCC(=O)NC6=O)cc5)CC4)CC3)c(OC(F)(F)F)c2)c2ccncc2c1=O. The van der Waals surface area contributed by atoms with E-state index in [0.717, 1.165) is 63.2 Å². The van der Waals surface area contributed by atoms with Crippen LogP contribution in [0.3, 0.4) is 0 Å². The number of ether oxygens (including phenoxy) is 1. The second-order valence-electron chi connectivity index (χ2n) is 13.9. The number of imide groups is 1. The molecule has 3 aliphatic heterocycles. The molecule has 10 nitrogen and oxygen atoms in total. The molecular formula is C38H41F3N6O4. The number of anilines is 2. The van der Waals surface area contributed by atoms with Gasteiger partial charge in [0.15, 0.2) is 0 Å². The molecule has 1 unspecified atom stereocenters. The van der Waals surface area contributed by atoms with Crippen molar-refractivity contribution in [2.45, 2.75) is 57.5 Å². The summed E-state index contributed by atoms with van der Waals surface area (Å²) < 4.78 is 46.8. The van der Waals surface area contributed by atoms with Gasteiger partial charge in [-0.05, 0) is 104 Å². The normalized spacial score (nSPS) is 19.7. The van der Waals surface area contributed by atoms with Crippen LogP contribution >= 0.6 is 0 Å². The Morgan fingerprint density at radius 2 is 1.61 bits per heavy atom. The lowest BCUT2D eigenvalue weighted by Crippen LogP contribution is -2.47. The molecule has 4 aromatic rings. The summed E-state index contributed by atoms with van der Waals surface area (Å²) in [6.45, 7) is 3.87. The minimum atomic E-state index is -4.85. The van der Waals surface area contributed by atoms with Crippen molar-refractivity contribution in [2.75, 3.05) is 36.4 Å². The number of benzene rings is 2. The molecule has 3 aliphatic rings. The third-order valence-corrected chi connectivity index (χ3v) is 10.6. The number of hydrogen-bond donors (Lipinski definition) is 2. The number of nitrogens with one attached hydrogen (secondary N) is 2. The molecule has 3 fully saturated rings. The van der Waals surface area contributed by atoms with Gasteiger partial charge in [-0.2, -0.15) is 0 Å². The summed E-state index contributed by atoms with van der Waals surface area (Å²) in [7, 11) is 1.61. The average Bonchev–Trinajstić information content (AvgIpc) is 3.12. The molecule has 51 heavy (non-hydrogen) atoms. The van der Waals surface area contributed by atoms with Gasteiger partial charge in [-0.15, -0.1) is 13.2 Å². The lowest BCUT2D eigenvalue weighted by atomic mass is 9.78. The quantitative estimate of drug-likeness (QED) is 0.221. The largest absolute Gasteiger partial charge is 0.573 e. The van der Waals surface area contributed by atoms with Gasteiger partial charge in [-0.1, -0.05) is 12.1 Å². The first-order valence-electron chi connectivity index (χ1n) is 17.5. The Hall–Kier alpha value is -4.91. The Bertz CT molecular complexity index is 1970. The second-order valence-corrected chi connectivity index (χ2v) is 13.9. The molecule has 0 saturated carbocycles. The number of fused-ring (bicyclic) bond motifs is 1. The Morgan fingerprint density at radius 1 is 0.902 bits per heavy atom. The Balaban J connectivity index is 0.947. The van der Waals surface area contributed by atoms with Crippen LogP contribution in [0.1, 0.15) is 44.1 Å². The van der Waals surface area contributed by atoms with Gasteiger partial charge in [0.25, 0.3) is 5.56 Å². The summed E-state index contributed by atoms with van der Waals surface area (Å²) in [6.07, 6.45) is 4.79. The number of hydrogen-bond acceptors (Lipinski definition) is 8. The predicted molar refractivity (Wildman–Crippen MR) is 188 cm³/mol. The molecule has 7 rings (SSSR count). The molecule has 2 amide bonds. The summed E-state index contributed by atoms with van der Waals surface area (Å²) in [6, 6.07) is 14.3. The van der Waals surface area contributed by atoms with Crippen LogP contribution in [0, 0.1) is 11.8 Å². The molecule has 0 aliphatic carbocycles. The zero-order valence-corrected chi connectivity index (χ0v) is 28.4. The molecule has 2 aromatic heterocycles. The Kier molecular flexibility index (Phi) is 9.73. The van der Waals surface area contributed by atoms with E-state index in [2.05, 4.69) is 42.3 Å². The van der Waals surface area contributed by atoms with Crippen molar-refractivity contribution in [3.05, 3.63) is 83.0 Å². The maximum absolute atomic E-state index is 13.6. The smallest absolute Gasteiger partial charge is 0.405 e. The number of halogens is 3. The van der Waals surface area contributed by atoms with E-state index in [0.29, 0.717) is 58.7 Å². The van der Waals surface area contributed by atoms with Crippen molar-refractivity contribution >= 4 is 34.0 Å². The highest BCUT2D eigenvalue weighted by molar-refractivity contribution is 6.01. The molecular weight excluding hydrogens is 661 g/mol. The number of piperidine rings is 3. The van der Waals surface area contributed by atoms with E-state index < -0.39 is 12.4 Å². The number of alkyl halides is 3. The van der Waals surface area contributed by atoms with E-state index in [1.54, 1.807) is 37.6 Å². The standard InChI is InChI=1S/C38H41F3N6O4/c1-45-23-32(30-10-15-42-21-31(30)37(45)50)26-2-3-27(34(20-26)51-38(39,40)41)22-46-16-11-24(12-17-46)25-13-18-47(19-14-25)29-6-4-28(5-7-29)43-33-8-9-35(48)44-36(33)49/h2-7,10,15,20-21,23-25,33,43H,8-9,11-14,16-19,22H2,1H3,(H,44,48,49). The van der Waals surface area contributed by atoms with Gasteiger partial charge in [0.1, 0.15) is 11.8 Å². The van der Waals surface area contributed by atoms with E-state index in [-0.39, 0.29) is 23.1 Å². The third-order valence-electron chi connectivity index (χ3n) is 10.6. The van der Waals surface area contributed by atoms with Crippen LogP contribution in [0.25, 0.3) is 21.9 Å². The minimum absolute atomic E-state index is 0.230. The fourth-order valence-electron chi connectivity index (χ4n) is 7.87. The van der Waals surface area contributed by atoms with E-state index in [9.17, 15) is 27.6 Å². The van der Waals surface area contributed by atoms with Crippen LogP contribution in [0.15, 0.2) is 71.9 Å². The van der Waals surface area contributed by atoms with Crippen molar-refractivity contribution < 1.29 is 27.5 Å². The summed E-state index contributed by atoms with van der Waals surface area (Å²) in [4.78, 5) is 44.8. The van der Waals surface area contributed by atoms with Gasteiger partial charge < -0.3 is 19.5 Å². The van der Waals surface area contributed by atoms with Gasteiger partial charge in [-0.25, -0.2) is 0 Å². The van der Waals surface area contributed by atoms with Crippen LogP contribution in [-0.4, -0.2) is 64.8 Å². The number of rotatable bonds is 8. The molecule has 13 heteroatoms. The number of aromatic nitrogens is 2. The fourth-order valence-corrected chi connectivity index (χ4v) is 7.87. The molecule has 5 heterocycles. The van der Waals surface area contributed by atoms with Crippen LogP contribution < -0.4 is 25.8 Å². The van der Waals surface area contributed by atoms with Crippen LogP contribution in [0.4, 0.5) is 24.5 Å². The Labute approximate surface area is 293 Å². The maximum Gasteiger partial charge on any atom is 0.573 e. The summed E-state index contributed by atoms with van der Waals surface area (Å²) in [5, 5.41) is 6.61. The number of nitrogens with zero attached hydrogens (tertiary/aromatic N) is 4. The Morgan fingerprint density at radius 3 is 2.29 bits per heavy atom. The summed E-state index contributed by atoms with van der Waals surface area (Å²) in [5.74, 6) is 0.427. The number of likely N-dealkylation sites (tertiary alicyclic amines) is 1. The zero-order valence-electron chi connectivity index (χ0n) is 28.4. The first-order valence-corrected chi connectivity index (χ1v) is 17.5.